The summed E-state index contributed by atoms with van der Waals surface area (Å²) in [6.45, 7) is 4.35. The molecule has 3 nitrogen and oxygen atoms in total. The molecule has 20 heavy (non-hydrogen) atoms. The van der Waals surface area contributed by atoms with Gasteiger partial charge in [0.25, 0.3) is 0 Å². The van der Waals surface area contributed by atoms with Crippen LogP contribution in [0.4, 0.5) is 18.9 Å². The van der Waals surface area contributed by atoms with E-state index in [0.29, 0.717) is 23.1 Å². The lowest BCUT2D eigenvalue weighted by Gasteiger charge is -2.30. The molecule has 0 aliphatic carbocycles. The topological polar surface area (TPSA) is 53.1 Å². The zero-order valence-corrected chi connectivity index (χ0v) is 12.8. The molecule has 0 spiro atoms. The highest BCUT2D eigenvalue weighted by molar-refractivity contribution is 9.10. The molecule has 0 unspecified atom stereocenters. The predicted molar refractivity (Wildman–Crippen MR) is 78.2 cm³/mol. The lowest BCUT2D eigenvalue weighted by atomic mass is 10.1. The van der Waals surface area contributed by atoms with Crippen molar-refractivity contribution in [2.45, 2.75) is 32.5 Å². The quantitative estimate of drug-likeness (QED) is 0.622. The Morgan fingerprint density at radius 3 is 2.40 bits per heavy atom. The predicted octanol–water partition coefficient (Wildman–Crippen LogP) is 4.01. The van der Waals surface area contributed by atoms with Crippen LogP contribution in [-0.2, 0) is 6.18 Å². The number of halogens is 4. The summed E-state index contributed by atoms with van der Waals surface area (Å²) in [6.07, 6.45) is -3.99. The first-order chi connectivity index (χ1) is 9.12. The second-order valence-corrected chi connectivity index (χ2v) is 5.58. The summed E-state index contributed by atoms with van der Waals surface area (Å²) in [7, 11) is 0. The number of hydrogen-bond acceptors (Lipinski definition) is 2. The van der Waals surface area contributed by atoms with Crippen molar-refractivity contribution in [3.63, 3.8) is 0 Å². The summed E-state index contributed by atoms with van der Waals surface area (Å²) in [5.74, 6) is 0.0543. The molecule has 0 atom stereocenters. The monoisotopic (exact) mass is 351 g/mol. The number of nitrogens with two attached hydrogens (primary N) is 1. The van der Waals surface area contributed by atoms with E-state index in [1.54, 1.807) is 0 Å². The summed E-state index contributed by atoms with van der Waals surface area (Å²) in [5.41, 5.74) is 5.30. The van der Waals surface area contributed by atoms with Crippen molar-refractivity contribution in [1.29, 1.82) is 5.41 Å². The molecule has 0 fully saturated rings. The summed E-state index contributed by atoms with van der Waals surface area (Å²) in [6, 6.07) is 3.65. The van der Waals surface area contributed by atoms with Gasteiger partial charge in [-0.3, -0.25) is 5.41 Å². The lowest BCUT2D eigenvalue weighted by Crippen LogP contribution is -2.34. The summed E-state index contributed by atoms with van der Waals surface area (Å²) < 4.78 is 38.3. The molecule has 7 heteroatoms. The van der Waals surface area contributed by atoms with Crippen molar-refractivity contribution in [3.8, 4) is 0 Å². The van der Waals surface area contributed by atoms with Gasteiger partial charge in [0.1, 0.15) is 0 Å². The van der Waals surface area contributed by atoms with Crippen molar-refractivity contribution in [1.82, 2.24) is 0 Å². The van der Waals surface area contributed by atoms with Gasteiger partial charge in [-0.2, -0.15) is 13.2 Å². The van der Waals surface area contributed by atoms with Crippen LogP contribution in [0.2, 0.25) is 0 Å². The van der Waals surface area contributed by atoms with Crippen LogP contribution in [0.25, 0.3) is 0 Å². The average molecular weight is 352 g/mol. The molecule has 1 rings (SSSR count). The van der Waals surface area contributed by atoms with Crippen LogP contribution >= 0.6 is 15.9 Å². The summed E-state index contributed by atoms with van der Waals surface area (Å²) in [5, 5.41) is 7.25. The molecule has 0 saturated heterocycles. The van der Waals surface area contributed by atoms with Crippen LogP contribution in [0.5, 0.6) is 0 Å². The SMILES string of the molecule is CC(C)N(CCC(=N)N)c1ccc(C(F)(F)F)cc1Br. The Bertz CT molecular complexity index is 486. The maximum atomic E-state index is 12.6. The van der Waals surface area contributed by atoms with E-state index in [2.05, 4.69) is 15.9 Å². The van der Waals surface area contributed by atoms with Gasteiger partial charge in [-0.25, -0.2) is 0 Å². The number of anilines is 1. The molecule has 0 aliphatic heterocycles. The first-order valence-corrected chi connectivity index (χ1v) is 6.88. The van der Waals surface area contributed by atoms with Gasteiger partial charge in [0.2, 0.25) is 0 Å². The van der Waals surface area contributed by atoms with Crippen LogP contribution in [0.1, 0.15) is 25.8 Å². The van der Waals surface area contributed by atoms with Crippen LogP contribution in [0.15, 0.2) is 22.7 Å². The van der Waals surface area contributed by atoms with E-state index in [1.807, 2.05) is 18.7 Å². The zero-order valence-electron chi connectivity index (χ0n) is 11.3. The van der Waals surface area contributed by atoms with E-state index in [-0.39, 0.29) is 11.9 Å². The fraction of sp³-hybridized carbons (Fsp3) is 0.462. The maximum Gasteiger partial charge on any atom is 0.416 e. The van der Waals surface area contributed by atoms with Gasteiger partial charge in [0, 0.05) is 23.5 Å². The molecule has 0 radical (unpaired) electrons. The van der Waals surface area contributed by atoms with E-state index in [1.165, 1.54) is 6.07 Å². The molecule has 0 saturated carbocycles. The van der Waals surface area contributed by atoms with E-state index >= 15 is 0 Å². The van der Waals surface area contributed by atoms with Crippen molar-refractivity contribution < 1.29 is 13.2 Å². The Balaban J connectivity index is 3.06. The van der Waals surface area contributed by atoms with Gasteiger partial charge in [0.15, 0.2) is 0 Å². The Labute approximate surface area is 124 Å². The van der Waals surface area contributed by atoms with Crippen LogP contribution in [0.3, 0.4) is 0 Å². The minimum Gasteiger partial charge on any atom is -0.388 e. The highest BCUT2D eigenvalue weighted by Gasteiger charge is 2.31. The highest BCUT2D eigenvalue weighted by Crippen LogP contribution is 2.35. The number of nitrogens with one attached hydrogen (secondary N) is 1. The third-order valence-corrected chi connectivity index (χ3v) is 3.46. The molecule has 0 aliphatic rings. The standard InChI is InChI=1S/C13H17BrF3N3/c1-8(2)20(6-5-12(18)19)11-4-3-9(7-10(11)14)13(15,16)17/h3-4,7-8H,5-6H2,1-2H3,(H3,18,19). The second-order valence-electron chi connectivity index (χ2n) is 4.73. The van der Waals surface area contributed by atoms with E-state index in [9.17, 15) is 13.2 Å². The molecule has 3 N–H and O–H groups in total. The lowest BCUT2D eigenvalue weighted by molar-refractivity contribution is -0.137. The van der Waals surface area contributed by atoms with Crippen molar-refractivity contribution in [2.75, 3.05) is 11.4 Å². The summed E-state index contributed by atoms with van der Waals surface area (Å²) >= 11 is 3.19. The van der Waals surface area contributed by atoms with E-state index in [0.717, 1.165) is 12.1 Å². The number of rotatable bonds is 5. The first-order valence-electron chi connectivity index (χ1n) is 6.09. The average Bonchev–Trinajstić information content (AvgIpc) is 2.28. The van der Waals surface area contributed by atoms with Gasteiger partial charge in [-0.15, -0.1) is 0 Å². The van der Waals surface area contributed by atoms with Crippen molar-refractivity contribution >= 4 is 27.5 Å². The van der Waals surface area contributed by atoms with Gasteiger partial charge >= 0.3 is 6.18 Å². The van der Waals surface area contributed by atoms with E-state index in [4.69, 9.17) is 11.1 Å². The van der Waals surface area contributed by atoms with Gasteiger partial charge in [-0.1, -0.05) is 0 Å². The third kappa shape index (κ3) is 4.40. The Morgan fingerprint density at radius 2 is 2.00 bits per heavy atom. The first kappa shape index (κ1) is 16.8. The molecule has 112 valence electrons. The third-order valence-electron chi connectivity index (χ3n) is 2.83. The Morgan fingerprint density at radius 1 is 1.40 bits per heavy atom. The molecule has 1 aromatic rings. The van der Waals surface area contributed by atoms with Gasteiger partial charge < -0.3 is 10.6 Å². The Kier molecular flexibility index (Phi) is 5.44. The minimum atomic E-state index is -4.36. The van der Waals surface area contributed by atoms with Crippen LogP contribution < -0.4 is 10.6 Å². The van der Waals surface area contributed by atoms with Crippen molar-refractivity contribution in [2.24, 2.45) is 5.73 Å². The number of nitrogens with zero attached hydrogens (tertiary/aromatic N) is 1. The molecular weight excluding hydrogens is 335 g/mol. The zero-order chi connectivity index (χ0) is 15.5. The van der Waals surface area contributed by atoms with Gasteiger partial charge in [0.05, 0.1) is 17.1 Å². The van der Waals surface area contributed by atoms with Crippen molar-refractivity contribution in [3.05, 3.63) is 28.2 Å². The molecule has 0 amide bonds. The molecule has 1 aromatic carbocycles. The molecule has 0 aromatic heterocycles. The molecular formula is C13H17BrF3N3. The highest BCUT2D eigenvalue weighted by atomic mass is 79.9. The second kappa shape index (κ2) is 6.47. The maximum absolute atomic E-state index is 12.6. The Hall–Kier alpha value is -1.24. The fourth-order valence-corrected chi connectivity index (χ4v) is 2.42. The van der Waals surface area contributed by atoms with Crippen LogP contribution in [0, 0.1) is 5.41 Å². The van der Waals surface area contributed by atoms with Crippen LogP contribution in [-0.4, -0.2) is 18.4 Å². The largest absolute Gasteiger partial charge is 0.416 e. The smallest absolute Gasteiger partial charge is 0.388 e. The number of amidine groups is 1. The normalized spacial score (nSPS) is 11.8. The number of hydrogen-bond donors (Lipinski definition) is 2. The van der Waals surface area contributed by atoms with Gasteiger partial charge in [-0.05, 0) is 48.0 Å². The minimum absolute atomic E-state index is 0.0543. The van der Waals surface area contributed by atoms with E-state index < -0.39 is 11.7 Å². The molecule has 0 bridgehead atoms. The number of benzene rings is 1. The number of alkyl halides is 3. The fourth-order valence-electron chi connectivity index (χ4n) is 1.81. The molecule has 0 heterocycles. The summed E-state index contributed by atoms with van der Waals surface area (Å²) in [4.78, 5) is 1.91.